The Kier molecular flexibility index (Phi) is 12.4. The van der Waals surface area contributed by atoms with E-state index in [0.29, 0.717) is 17.7 Å². The van der Waals surface area contributed by atoms with E-state index in [1.165, 1.54) is 47.4 Å². The Morgan fingerprint density at radius 3 is 2.27 bits per heavy atom. The summed E-state index contributed by atoms with van der Waals surface area (Å²) in [5.74, 6) is -1.38. The molecule has 0 saturated carbocycles. The third-order valence-corrected chi connectivity index (χ3v) is 8.26. The number of aliphatic hydroxyl groups is 1. The molecule has 3 N–H and O–H groups in total. The van der Waals surface area contributed by atoms with Crippen molar-refractivity contribution in [2.24, 2.45) is 5.41 Å². The zero-order chi connectivity index (χ0) is 36.7. The van der Waals surface area contributed by atoms with E-state index in [2.05, 4.69) is 31.1 Å². The number of hydrogen-bond acceptors (Lipinski definition) is 8. The van der Waals surface area contributed by atoms with Crippen LogP contribution >= 0.6 is 0 Å². The highest BCUT2D eigenvalue weighted by atomic mass is 19.3. The second kappa shape index (κ2) is 15.9. The zero-order valence-electron chi connectivity index (χ0n) is 28.6. The van der Waals surface area contributed by atoms with Crippen LogP contribution in [0.5, 0.6) is 11.5 Å². The summed E-state index contributed by atoms with van der Waals surface area (Å²) in [5.41, 5.74) is 1.33. The SMILES string of the molecule is C=O.CCC(C)(C)CC1=C(C)C(c2ccc(OC(F)(F)c3ccccc3)cc2F)N(C(=O)c2nc(C)oc2C)c2cccc(O)c2N1.CO. The molecule has 12 heteroatoms. The number of fused-ring (bicyclic) bond motifs is 1. The van der Waals surface area contributed by atoms with Crippen molar-refractivity contribution >= 4 is 24.1 Å². The third kappa shape index (κ3) is 8.32. The van der Waals surface area contributed by atoms with Gasteiger partial charge in [0.05, 0.1) is 17.3 Å². The minimum absolute atomic E-state index is 0.0276. The van der Waals surface area contributed by atoms with Crippen molar-refractivity contribution in [1.29, 1.82) is 0 Å². The van der Waals surface area contributed by atoms with E-state index in [1.54, 1.807) is 39.0 Å². The van der Waals surface area contributed by atoms with Gasteiger partial charge in [0.2, 0.25) is 0 Å². The molecule has 0 radical (unpaired) electrons. The van der Waals surface area contributed by atoms with Gasteiger partial charge in [-0.05, 0) is 67.7 Å². The Morgan fingerprint density at radius 2 is 1.69 bits per heavy atom. The van der Waals surface area contributed by atoms with Gasteiger partial charge in [-0.1, -0.05) is 51.5 Å². The molecule has 262 valence electrons. The van der Waals surface area contributed by atoms with Gasteiger partial charge in [0, 0.05) is 31.4 Å². The maximum atomic E-state index is 16.2. The lowest BCUT2D eigenvalue weighted by Gasteiger charge is -2.33. The van der Waals surface area contributed by atoms with Crippen molar-refractivity contribution in [3.05, 3.63) is 112 Å². The number of aromatic nitrogens is 1. The number of halogens is 3. The van der Waals surface area contributed by atoms with Crippen molar-refractivity contribution in [1.82, 2.24) is 4.98 Å². The minimum Gasteiger partial charge on any atom is -0.506 e. The van der Waals surface area contributed by atoms with Crippen molar-refractivity contribution < 1.29 is 42.1 Å². The van der Waals surface area contributed by atoms with E-state index in [0.717, 1.165) is 19.6 Å². The summed E-state index contributed by atoms with van der Waals surface area (Å²) in [6.45, 7) is 13.3. The number of rotatable bonds is 8. The van der Waals surface area contributed by atoms with Gasteiger partial charge in [-0.3, -0.25) is 9.69 Å². The number of oxazole rings is 1. The Hall–Kier alpha value is -5.10. The van der Waals surface area contributed by atoms with E-state index in [4.69, 9.17) is 19.1 Å². The fraction of sp³-hybridized carbons (Fsp3) is 0.324. The van der Waals surface area contributed by atoms with Gasteiger partial charge >= 0.3 is 6.11 Å². The number of carbonyl (C=O) groups is 2. The molecule has 0 saturated heterocycles. The normalized spacial score (nSPS) is 14.3. The Bertz CT molecular complexity index is 1790. The summed E-state index contributed by atoms with van der Waals surface area (Å²) in [4.78, 5) is 28.1. The van der Waals surface area contributed by atoms with Crippen LogP contribution in [0.3, 0.4) is 0 Å². The number of phenols is 1. The number of carbonyl (C=O) groups excluding carboxylic acids is 2. The van der Waals surface area contributed by atoms with Crippen LogP contribution in [0.4, 0.5) is 24.5 Å². The molecule has 3 aromatic carbocycles. The molecule has 1 atom stereocenters. The Morgan fingerprint density at radius 1 is 1.04 bits per heavy atom. The number of nitrogens with zero attached hydrogens (tertiary/aromatic N) is 2. The van der Waals surface area contributed by atoms with Gasteiger partial charge in [0.25, 0.3) is 5.91 Å². The molecular weight excluding hydrogens is 639 g/mol. The Balaban J connectivity index is 0.00000157. The maximum Gasteiger partial charge on any atom is 0.426 e. The molecule has 1 aromatic heterocycles. The van der Waals surface area contributed by atoms with E-state index in [-0.39, 0.29) is 56.8 Å². The van der Waals surface area contributed by atoms with Gasteiger partial charge in [-0.15, -0.1) is 0 Å². The average Bonchev–Trinajstić information content (AvgIpc) is 3.37. The highest BCUT2D eigenvalue weighted by Gasteiger charge is 2.40. The summed E-state index contributed by atoms with van der Waals surface area (Å²) < 4.78 is 56.6. The van der Waals surface area contributed by atoms with Gasteiger partial charge < -0.3 is 29.5 Å². The molecule has 0 fully saturated rings. The third-order valence-electron chi connectivity index (χ3n) is 8.26. The number of alkyl halides is 2. The Labute approximate surface area is 284 Å². The lowest BCUT2D eigenvalue weighted by molar-refractivity contribution is -0.185. The summed E-state index contributed by atoms with van der Waals surface area (Å²) in [7, 11) is 1.00. The van der Waals surface area contributed by atoms with E-state index < -0.39 is 23.9 Å². The molecule has 2 heterocycles. The second-order valence-electron chi connectivity index (χ2n) is 12.0. The van der Waals surface area contributed by atoms with E-state index in [1.807, 2.05) is 6.79 Å². The van der Waals surface area contributed by atoms with E-state index in [9.17, 15) is 18.7 Å². The number of nitrogens with one attached hydrogen (secondary N) is 1. The first-order valence-electron chi connectivity index (χ1n) is 15.4. The van der Waals surface area contributed by atoms with Gasteiger partial charge in [0.15, 0.2) is 11.6 Å². The maximum absolute atomic E-state index is 16.2. The number of allylic oxidation sites excluding steroid dienone is 1. The first-order valence-corrected chi connectivity index (χ1v) is 15.4. The molecule has 4 aromatic rings. The van der Waals surface area contributed by atoms with Gasteiger partial charge in [-0.2, -0.15) is 8.78 Å². The molecule has 5 rings (SSSR count). The molecule has 49 heavy (non-hydrogen) atoms. The number of benzene rings is 3. The predicted octanol–water partition coefficient (Wildman–Crippen LogP) is 8.60. The van der Waals surface area contributed by atoms with Gasteiger partial charge in [0.1, 0.15) is 35.6 Å². The average molecular weight is 682 g/mol. The molecule has 1 aliphatic heterocycles. The van der Waals surface area contributed by atoms with Crippen molar-refractivity contribution in [2.75, 3.05) is 17.3 Å². The smallest absolute Gasteiger partial charge is 0.426 e. The molecule has 0 aliphatic carbocycles. The fourth-order valence-electron chi connectivity index (χ4n) is 5.46. The van der Waals surface area contributed by atoms with Crippen LogP contribution in [0.2, 0.25) is 0 Å². The van der Waals surface area contributed by atoms with Crippen LogP contribution in [0.1, 0.15) is 79.8 Å². The molecule has 0 spiro atoms. The number of aliphatic hydroxyl groups excluding tert-OH is 1. The largest absolute Gasteiger partial charge is 0.506 e. The van der Waals surface area contributed by atoms with Gasteiger partial charge in [-0.25, -0.2) is 9.37 Å². The first kappa shape index (κ1) is 38.3. The number of phenolic OH excluding ortho intramolecular Hbond substituents is 1. The number of hydrogen-bond donors (Lipinski definition) is 3. The first-order chi connectivity index (χ1) is 23.2. The molecule has 9 nitrogen and oxygen atoms in total. The molecule has 1 aliphatic rings. The number of ether oxygens (including phenoxy) is 1. The van der Waals surface area contributed by atoms with Crippen LogP contribution < -0.4 is 15.0 Å². The summed E-state index contributed by atoms with van der Waals surface area (Å²) in [5, 5.41) is 21.4. The molecule has 1 amide bonds. The fourth-order valence-corrected chi connectivity index (χ4v) is 5.46. The molecule has 0 bridgehead atoms. The number of anilines is 2. The number of aryl methyl sites for hydroxylation is 2. The predicted molar refractivity (Wildman–Crippen MR) is 181 cm³/mol. The lowest BCUT2D eigenvalue weighted by Crippen LogP contribution is -2.36. The van der Waals surface area contributed by atoms with Crippen LogP contribution in [-0.2, 0) is 10.9 Å². The monoisotopic (exact) mass is 681 g/mol. The van der Waals surface area contributed by atoms with Crippen LogP contribution in [-0.4, -0.2) is 35.0 Å². The minimum atomic E-state index is -3.71. The summed E-state index contributed by atoms with van der Waals surface area (Å²) in [6.07, 6.45) is -2.38. The quantitative estimate of drug-likeness (QED) is 0.158. The topological polar surface area (TPSA) is 125 Å². The summed E-state index contributed by atoms with van der Waals surface area (Å²) in [6, 6.07) is 14.1. The van der Waals surface area contributed by atoms with Crippen LogP contribution in [0.15, 0.2) is 82.4 Å². The van der Waals surface area contributed by atoms with Crippen LogP contribution in [0.25, 0.3) is 0 Å². The van der Waals surface area contributed by atoms with E-state index >= 15 is 4.39 Å². The number of para-hydroxylation sites is 1. The number of aromatic hydroxyl groups is 1. The lowest BCUT2D eigenvalue weighted by atomic mass is 9.83. The zero-order valence-corrected chi connectivity index (χ0v) is 28.6. The highest BCUT2D eigenvalue weighted by Crippen LogP contribution is 2.48. The van der Waals surface area contributed by atoms with Crippen molar-refractivity contribution in [3.8, 4) is 11.5 Å². The highest BCUT2D eigenvalue weighted by molar-refractivity contribution is 6.09. The molecular formula is C37H42F3N3O6. The standard InChI is InChI=1S/C35H36F3N3O4.CH4O.CH2O/c1-7-34(5,6)19-27-20(2)32(25-17-16-24(18-26(25)36)45-35(37,38)23-12-9-8-10-13-23)41(28-14-11-15-29(42)31(28)40-27)33(43)30-21(3)44-22(4)39-30;2*1-2/h8-18,32,40,42H,7,19H2,1-6H3;2H,1H3;1H2. The van der Waals surface area contributed by atoms with Crippen molar-refractivity contribution in [3.63, 3.8) is 0 Å². The molecule has 1 unspecified atom stereocenters. The second-order valence-corrected chi connectivity index (χ2v) is 12.0. The summed E-state index contributed by atoms with van der Waals surface area (Å²) >= 11 is 0. The van der Waals surface area contributed by atoms with Crippen molar-refractivity contribution in [2.45, 2.75) is 66.5 Å². The van der Waals surface area contributed by atoms with Crippen LogP contribution in [0, 0.1) is 25.1 Å². The number of amides is 1.